The molecule has 1 aliphatic carbocycles. The van der Waals surface area contributed by atoms with Crippen LogP contribution in [0.3, 0.4) is 0 Å². The largest absolute Gasteiger partial charge is 0.454 e. The van der Waals surface area contributed by atoms with Crippen molar-refractivity contribution < 1.29 is 28.7 Å². The van der Waals surface area contributed by atoms with Gasteiger partial charge in [0, 0.05) is 12.1 Å². The number of hydrogen-bond donors (Lipinski definition) is 1. The van der Waals surface area contributed by atoms with Gasteiger partial charge in [0.2, 0.25) is 6.79 Å². The van der Waals surface area contributed by atoms with E-state index in [0.29, 0.717) is 17.6 Å². The van der Waals surface area contributed by atoms with E-state index in [1.54, 1.807) is 0 Å². The molecular weight excluding hydrogens is 392 g/mol. The van der Waals surface area contributed by atoms with Gasteiger partial charge in [-0.3, -0.25) is 14.9 Å². The molecule has 1 amide bonds. The Kier molecular flexibility index (Phi) is 6.59. The molecule has 1 heterocycles. The molecule has 2 aliphatic rings. The molecule has 4 atom stereocenters. The van der Waals surface area contributed by atoms with Crippen molar-refractivity contribution in [3.05, 3.63) is 33.9 Å². The Morgan fingerprint density at radius 2 is 1.97 bits per heavy atom. The van der Waals surface area contributed by atoms with Crippen molar-refractivity contribution in [2.75, 3.05) is 6.79 Å². The summed E-state index contributed by atoms with van der Waals surface area (Å²) in [4.78, 5) is 35.3. The van der Waals surface area contributed by atoms with Crippen LogP contribution in [0.2, 0.25) is 0 Å². The fourth-order valence-electron chi connectivity index (χ4n) is 3.75. The van der Waals surface area contributed by atoms with Crippen molar-refractivity contribution in [3.63, 3.8) is 0 Å². The highest BCUT2D eigenvalue weighted by molar-refractivity contribution is 5.91. The zero-order valence-corrected chi connectivity index (χ0v) is 17.3. The Labute approximate surface area is 174 Å². The van der Waals surface area contributed by atoms with Crippen molar-refractivity contribution in [2.45, 2.75) is 52.2 Å². The van der Waals surface area contributed by atoms with E-state index in [-0.39, 0.29) is 35.7 Å². The van der Waals surface area contributed by atoms with Crippen LogP contribution in [0.5, 0.6) is 11.5 Å². The molecule has 0 radical (unpaired) electrons. The maximum absolute atomic E-state index is 12.4. The lowest BCUT2D eigenvalue weighted by atomic mass is 9.78. The molecule has 9 nitrogen and oxygen atoms in total. The highest BCUT2D eigenvalue weighted by Gasteiger charge is 2.30. The average Bonchev–Trinajstić information content (AvgIpc) is 3.16. The predicted molar refractivity (Wildman–Crippen MR) is 108 cm³/mol. The van der Waals surface area contributed by atoms with E-state index in [2.05, 4.69) is 19.2 Å². The van der Waals surface area contributed by atoms with Crippen LogP contribution in [0.15, 0.2) is 18.2 Å². The number of nitro benzene ring substituents is 1. The van der Waals surface area contributed by atoms with Crippen LogP contribution in [0.1, 0.15) is 45.6 Å². The number of ether oxygens (including phenoxy) is 3. The standard InChI is InChI=1S/C21H26N2O7/c1-12-5-4-6-16(13(12)2)22-21(25)14(3)30-20(24)8-7-15-9-18-19(29-11-28-18)10-17(15)23(26)27/h7-10,12-14,16H,4-6,11H2,1-3H3,(H,22,25)/b8-7+/t12-,13+,14+,16+/m0/s1. The van der Waals surface area contributed by atoms with E-state index in [4.69, 9.17) is 14.2 Å². The Balaban J connectivity index is 1.60. The number of carbonyl (C=O) groups is 2. The van der Waals surface area contributed by atoms with Crippen LogP contribution in [0, 0.1) is 22.0 Å². The first-order valence-electron chi connectivity index (χ1n) is 10.0. The Bertz CT molecular complexity index is 867. The third kappa shape index (κ3) is 4.90. The number of hydrogen-bond acceptors (Lipinski definition) is 7. The maximum atomic E-state index is 12.4. The number of nitro groups is 1. The molecule has 1 aromatic carbocycles. The Morgan fingerprint density at radius 3 is 2.67 bits per heavy atom. The molecule has 0 bridgehead atoms. The predicted octanol–water partition coefficient (Wildman–Crippen LogP) is 3.21. The quantitative estimate of drug-likeness (QED) is 0.326. The lowest BCUT2D eigenvalue weighted by molar-refractivity contribution is -0.385. The van der Waals surface area contributed by atoms with Gasteiger partial charge >= 0.3 is 5.97 Å². The fourth-order valence-corrected chi connectivity index (χ4v) is 3.75. The molecule has 30 heavy (non-hydrogen) atoms. The first-order chi connectivity index (χ1) is 14.3. The van der Waals surface area contributed by atoms with E-state index in [1.807, 2.05) is 0 Å². The monoisotopic (exact) mass is 418 g/mol. The van der Waals surface area contributed by atoms with Gasteiger partial charge < -0.3 is 19.5 Å². The smallest absolute Gasteiger partial charge is 0.331 e. The highest BCUT2D eigenvalue weighted by Crippen LogP contribution is 2.38. The molecule has 1 N–H and O–H groups in total. The number of nitrogens with one attached hydrogen (secondary N) is 1. The average molecular weight is 418 g/mol. The number of benzene rings is 1. The van der Waals surface area contributed by atoms with Gasteiger partial charge in [0.1, 0.15) is 0 Å². The van der Waals surface area contributed by atoms with E-state index >= 15 is 0 Å². The Morgan fingerprint density at radius 1 is 1.27 bits per heavy atom. The summed E-state index contributed by atoms with van der Waals surface area (Å²) in [6.07, 6.45) is 4.46. The zero-order chi connectivity index (χ0) is 21.8. The van der Waals surface area contributed by atoms with Crippen LogP contribution < -0.4 is 14.8 Å². The van der Waals surface area contributed by atoms with Crippen LogP contribution in [0.4, 0.5) is 5.69 Å². The van der Waals surface area contributed by atoms with Crippen molar-refractivity contribution in [1.82, 2.24) is 5.32 Å². The van der Waals surface area contributed by atoms with Gasteiger partial charge in [-0.05, 0) is 37.3 Å². The number of carbonyl (C=O) groups excluding carboxylic acids is 2. The van der Waals surface area contributed by atoms with Gasteiger partial charge in [-0.25, -0.2) is 4.79 Å². The minimum atomic E-state index is -0.974. The summed E-state index contributed by atoms with van der Waals surface area (Å²) < 4.78 is 15.5. The molecule has 9 heteroatoms. The summed E-state index contributed by atoms with van der Waals surface area (Å²) in [6.45, 7) is 5.77. The molecule has 0 spiro atoms. The third-order valence-corrected chi connectivity index (χ3v) is 5.81. The summed E-state index contributed by atoms with van der Waals surface area (Å²) in [5.74, 6) is 0.404. The van der Waals surface area contributed by atoms with Crippen molar-refractivity contribution in [3.8, 4) is 11.5 Å². The first-order valence-corrected chi connectivity index (χ1v) is 10.0. The van der Waals surface area contributed by atoms with Gasteiger partial charge in [-0.2, -0.15) is 0 Å². The van der Waals surface area contributed by atoms with Gasteiger partial charge in [0.05, 0.1) is 16.6 Å². The molecular formula is C21H26N2O7. The summed E-state index contributed by atoms with van der Waals surface area (Å²) in [5, 5.41) is 14.2. The van der Waals surface area contributed by atoms with Crippen LogP contribution in [0.25, 0.3) is 6.08 Å². The molecule has 1 fully saturated rings. The van der Waals surface area contributed by atoms with Crippen LogP contribution in [-0.4, -0.2) is 35.7 Å². The third-order valence-electron chi connectivity index (χ3n) is 5.81. The molecule has 0 saturated heterocycles. The van der Waals surface area contributed by atoms with Crippen LogP contribution >= 0.6 is 0 Å². The molecule has 1 saturated carbocycles. The van der Waals surface area contributed by atoms with Gasteiger partial charge in [0.25, 0.3) is 11.6 Å². The second kappa shape index (κ2) is 9.15. The summed E-state index contributed by atoms with van der Waals surface area (Å²) >= 11 is 0. The lowest BCUT2D eigenvalue weighted by Gasteiger charge is -2.35. The zero-order valence-electron chi connectivity index (χ0n) is 17.3. The topological polar surface area (TPSA) is 117 Å². The minimum absolute atomic E-state index is 0.0211. The summed E-state index contributed by atoms with van der Waals surface area (Å²) in [7, 11) is 0. The van der Waals surface area contributed by atoms with E-state index in [0.717, 1.165) is 25.3 Å². The number of fused-ring (bicyclic) bond motifs is 1. The number of rotatable bonds is 6. The van der Waals surface area contributed by atoms with Crippen molar-refractivity contribution >= 4 is 23.6 Å². The number of amides is 1. The van der Waals surface area contributed by atoms with Gasteiger partial charge in [-0.1, -0.05) is 26.7 Å². The highest BCUT2D eigenvalue weighted by atomic mass is 16.7. The summed E-state index contributed by atoms with van der Waals surface area (Å²) in [5.41, 5.74) is -0.0576. The number of esters is 1. The molecule has 1 aromatic rings. The van der Waals surface area contributed by atoms with E-state index < -0.39 is 17.0 Å². The fraction of sp³-hybridized carbons (Fsp3) is 0.524. The summed E-state index contributed by atoms with van der Waals surface area (Å²) in [6, 6.07) is 2.73. The molecule has 162 valence electrons. The van der Waals surface area contributed by atoms with Gasteiger partial charge in [0.15, 0.2) is 17.6 Å². The minimum Gasteiger partial charge on any atom is -0.454 e. The molecule has 0 unspecified atom stereocenters. The maximum Gasteiger partial charge on any atom is 0.331 e. The van der Waals surface area contributed by atoms with Crippen molar-refractivity contribution in [2.24, 2.45) is 11.8 Å². The normalized spacial score (nSPS) is 23.8. The first kappa shape index (κ1) is 21.6. The second-order valence-corrected chi connectivity index (χ2v) is 7.82. The van der Waals surface area contributed by atoms with E-state index in [9.17, 15) is 19.7 Å². The van der Waals surface area contributed by atoms with Crippen molar-refractivity contribution in [1.29, 1.82) is 0 Å². The lowest BCUT2D eigenvalue weighted by Crippen LogP contribution is -2.47. The van der Waals surface area contributed by atoms with E-state index in [1.165, 1.54) is 25.1 Å². The van der Waals surface area contributed by atoms with Crippen LogP contribution in [-0.2, 0) is 14.3 Å². The Hall–Kier alpha value is -3.10. The number of nitrogens with zero attached hydrogens (tertiary/aromatic N) is 1. The SMILES string of the molecule is C[C@@H]1[C@@H](C)CCC[C@H]1NC(=O)[C@@H](C)OC(=O)/C=C/c1cc2c(cc1[N+](=O)[O-])OCO2. The molecule has 1 aliphatic heterocycles. The molecule has 3 rings (SSSR count). The van der Waals surface area contributed by atoms with Gasteiger partial charge in [-0.15, -0.1) is 0 Å². The second-order valence-electron chi connectivity index (χ2n) is 7.82. The molecule has 0 aromatic heterocycles.